The molecular formula is C44H51N5O4. The lowest BCUT2D eigenvalue weighted by atomic mass is 9.71. The quantitative estimate of drug-likeness (QED) is 0.143. The zero-order valence-electron chi connectivity index (χ0n) is 31.1. The third-order valence-electron chi connectivity index (χ3n) is 11.0. The highest BCUT2D eigenvalue weighted by Gasteiger charge is 2.28. The van der Waals surface area contributed by atoms with Crippen molar-refractivity contribution in [2.75, 3.05) is 30.9 Å². The number of allylic oxidation sites excluding steroid dienone is 2. The number of carboxylic acids is 1. The number of carbonyl (C=O) groups excluding carboxylic acids is 2. The van der Waals surface area contributed by atoms with Crippen LogP contribution in [0.15, 0.2) is 91.3 Å². The van der Waals surface area contributed by atoms with E-state index in [9.17, 15) is 19.5 Å². The largest absolute Gasteiger partial charge is 0.480 e. The second-order valence-electron chi connectivity index (χ2n) is 14.9. The number of anilines is 2. The normalized spacial score (nSPS) is 18.5. The first-order valence-corrected chi connectivity index (χ1v) is 18.9. The summed E-state index contributed by atoms with van der Waals surface area (Å²) in [5.41, 5.74) is 6.89. The Balaban J connectivity index is 1.03. The summed E-state index contributed by atoms with van der Waals surface area (Å²) in [6, 6.07) is 21.8. The highest BCUT2D eigenvalue weighted by molar-refractivity contribution is 5.97. The first-order valence-electron chi connectivity index (χ1n) is 18.9. The molecule has 1 fully saturated rings. The summed E-state index contributed by atoms with van der Waals surface area (Å²) in [6.45, 7) is 1.99. The molecule has 0 aliphatic heterocycles. The molecule has 9 nitrogen and oxygen atoms in total. The Morgan fingerprint density at radius 1 is 0.792 bits per heavy atom. The van der Waals surface area contributed by atoms with Gasteiger partial charge < -0.3 is 20.2 Å². The van der Waals surface area contributed by atoms with Crippen LogP contribution in [0, 0.1) is 17.8 Å². The molecule has 9 heteroatoms. The average molecular weight is 714 g/mol. The standard InChI is InChI=1S/C44H51N5O4/c1-4-30-5-11-33(12-6-30)34-15-17-35(18-16-34)38-26-45-43(46-27-38)36-13-7-32(8-14-36)28-49(29-42(51)52)44(53)37-19-21-39(22-20-37)47-41(50)25-31-9-23-40(24-10-31)48(2)3/h7-10,13-14,17,19-24,26-27,30,33-34H,4-6,11-12,15-16,18,25,28-29H2,1-3H3,(H,47,50)(H,51,52)/t30-,33-,34?. The number of amides is 2. The molecule has 1 unspecified atom stereocenters. The Bertz CT molecular complexity index is 1880. The van der Waals surface area contributed by atoms with E-state index >= 15 is 0 Å². The summed E-state index contributed by atoms with van der Waals surface area (Å²) in [5.74, 6) is 1.55. The van der Waals surface area contributed by atoms with E-state index in [4.69, 9.17) is 0 Å². The minimum absolute atomic E-state index is 0.117. The summed E-state index contributed by atoms with van der Waals surface area (Å²) < 4.78 is 0. The lowest BCUT2D eigenvalue weighted by Gasteiger charge is -2.35. The van der Waals surface area contributed by atoms with Crippen LogP contribution in [-0.4, -0.2) is 58.4 Å². The van der Waals surface area contributed by atoms with Gasteiger partial charge in [-0.2, -0.15) is 0 Å². The van der Waals surface area contributed by atoms with Gasteiger partial charge in [0.25, 0.3) is 5.91 Å². The number of carbonyl (C=O) groups is 3. The van der Waals surface area contributed by atoms with E-state index in [0.717, 1.165) is 58.5 Å². The lowest BCUT2D eigenvalue weighted by Crippen LogP contribution is -2.35. The number of hydrogen-bond donors (Lipinski definition) is 2. The molecule has 0 radical (unpaired) electrons. The molecule has 6 rings (SSSR count). The topological polar surface area (TPSA) is 116 Å². The van der Waals surface area contributed by atoms with Crippen molar-refractivity contribution in [3.63, 3.8) is 0 Å². The number of rotatable bonds is 13. The van der Waals surface area contributed by atoms with E-state index in [1.165, 1.54) is 49.0 Å². The van der Waals surface area contributed by atoms with E-state index in [-0.39, 0.29) is 18.9 Å². The van der Waals surface area contributed by atoms with Crippen LogP contribution in [-0.2, 0) is 22.6 Å². The molecular weight excluding hydrogens is 663 g/mol. The summed E-state index contributed by atoms with van der Waals surface area (Å²) >= 11 is 0. The Morgan fingerprint density at radius 2 is 1.45 bits per heavy atom. The Kier molecular flexibility index (Phi) is 12.3. The maximum atomic E-state index is 13.5. The number of hydrogen-bond acceptors (Lipinski definition) is 6. The Morgan fingerprint density at radius 3 is 2.04 bits per heavy atom. The Hall–Kier alpha value is -5.31. The molecule has 0 spiro atoms. The van der Waals surface area contributed by atoms with E-state index in [2.05, 4.69) is 28.3 Å². The molecule has 1 aromatic heterocycles. The second kappa shape index (κ2) is 17.5. The fourth-order valence-electron chi connectivity index (χ4n) is 7.78. The highest BCUT2D eigenvalue weighted by atomic mass is 16.4. The molecule has 4 aromatic rings. The van der Waals surface area contributed by atoms with Gasteiger partial charge in [-0.1, -0.05) is 68.7 Å². The fourth-order valence-corrected chi connectivity index (χ4v) is 7.78. The predicted octanol–water partition coefficient (Wildman–Crippen LogP) is 8.52. The summed E-state index contributed by atoms with van der Waals surface area (Å²) in [7, 11) is 3.93. The van der Waals surface area contributed by atoms with E-state index in [1.807, 2.05) is 79.9 Å². The van der Waals surface area contributed by atoms with Gasteiger partial charge in [-0.05, 0) is 103 Å². The molecule has 1 atom stereocenters. The van der Waals surface area contributed by atoms with Crippen molar-refractivity contribution >= 4 is 34.7 Å². The van der Waals surface area contributed by atoms with Gasteiger partial charge in [0.05, 0.1) is 6.42 Å². The van der Waals surface area contributed by atoms with Gasteiger partial charge in [-0.15, -0.1) is 0 Å². The molecule has 276 valence electrons. The van der Waals surface area contributed by atoms with Crippen LogP contribution in [0.25, 0.3) is 17.0 Å². The zero-order valence-corrected chi connectivity index (χ0v) is 31.1. The average Bonchev–Trinajstić information content (AvgIpc) is 3.18. The monoisotopic (exact) mass is 713 g/mol. The lowest BCUT2D eigenvalue weighted by molar-refractivity contribution is -0.137. The van der Waals surface area contributed by atoms with Crippen molar-refractivity contribution in [2.45, 2.75) is 71.3 Å². The minimum Gasteiger partial charge on any atom is -0.480 e. The maximum absolute atomic E-state index is 13.5. The van der Waals surface area contributed by atoms with Crippen LogP contribution in [0.5, 0.6) is 0 Å². The smallest absolute Gasteiger partial charge is 0.323 e. The van der Waals surface area contributed by atoms with Crippen LogP contribution in [0.4, 0.5) is 11.4 Å². The van der Waals surface area contributed by atoms with Crippen LogP contribution in [0.3, 0.4) is 0 Å². The van der Waals surface area contributed by atoms with Crippen molar-refractivity contribution in [3.8, 4) is 11.4 Å². The van der Waals surface area contributed by atoms with Gasteiger partial charge in [0.15, 0.2) is 5.82 Å². The van der Waals surface area contributed by atoms with Gasteiger partial charge in [0.2, 0.25) is 5.91 Å². The van der Waals surface area contributed by atoms with Crippen molar-refractivity contribution in [1.29, 1.82) is 0 Å². The SMILES string of the molecule is CC[C@H]1CC[C@H](C2CC=C(c3cnc(-c4ccc(CN(CC(=O)O)C(=O)c5ccc(NC(=O)Cc6ccc(N(C)C)cc6)cc5)cc4)nc3)CC2)CC1. The van der Waals surface area contributed by atoms with Crippen molar-refractivity contribution in [3.05, 3.63) is 114 Å². The number of aromatic nitrogens is 2. The molecule has 0 bridgehead atoms. The summed E-state index contributed by atoms with van der Waals surface area (Å²) in [5, 5.41) is 12.5. The van der Waals surface area contributed by atoms with Crippen LogP contribution < -0.4 is 10.2 Å². The zero-order chi connectivity index (χ0) is 37.3. The van der Waals surface area contributed by atoms with Crippen LogP contribution in [0.1, 0.15) is 85.3 Å². The Labute approximate surface area is 313 Å². The molecule has 3 aromatic carbocycles. The van der Waals surface area contributed by atoms with E-state index < -0.39 is 18.4 Å². The third-order valence-corrected chi connectivity index (χ3v) is 11.0. The molecule has 1 heterocycles. The van der Waals surface area contributed by atoms with E-state index in [0.29, 0.717) is 17.1 Å². The van der Waals surface area contributed by atoms with Crippen LogP contribution >= 0.6 is 0 Å². The molecule has 0 saturated heterocycles. The van der Waals surface area contributed by atoms with Gasteiger partial charge in [-0.25, -0.2) is 9.97 Å². The van der Waals surface area contributed by atoms with Crippen molar-refractivity contribution in [1.82, 2.24) is 14.9 Å². The molecule has 2 N–H and O–H groups in total. The van der Waals surface area contributed by atoms with Crippen LogP contribution in [0.2, 0.25) is 0 Å². The predicted molar refractivity (Wildman–Crippen MR) is 210 cm³/mol. The number of nitrogens with zero attached hydrogens (tertiary/aromatic N) is 4. The van der Waals surface area contributed by atoms with Gasteiger partial charge in [0.1, 0.15) is 6.54 Å². The molecule has 2 aliphatic carbocycles. The van der Waals surface area contributed by atoms with Gasteiger partial charge in [0, 0.05) is 61.1 Å². The number of benzene rings is 3. The van der Waals surface area contributed by atoms with Gasteiger partial charge >= 0.3 is 5.97 Å². The van der Waals surface area contributed by atoms with Crippen molar-refractivity contribution < 1.29 is 19.5 Å². The first-order chi connectivity index (χ1) is 25.6. The molecule has 2 aliphatic rings. The second-order valence-corrected chi connectivity index (χ2v) is 14.9. The van der Waals surface area contributed by atoms with Gasteiger partial charge in [-0.3, -0.25) is 14.4 Å². The number of aliphatic carboxylic acids is 1. The number of nitrogens with one attached hydrogen (secondary N) is 1. The molecule has 2 amide bonds. The first kappa shape index (κ1) is 37.4. The third kappa shape index (κ3) is 9.97. The summed E-state index contributed by atoms with van der Waals surface area (Å²) in [4.78, 5) is 50.5. The highest BCUT2D eigenvalue weighted by Crippen LogP contribution is 2.41. The van der Waals surface area contributed by atoms with E-state index in [1.54, 1.807) is 24.3 Å². The number of carboxylic acid groups (broad SMARTS) is 1. The molecule has 53 heavy (non-hydrogen) atoms. The van der Waals surface area contributed by atoms with Crippen molar-refractivity contribution in [2.24, 2.45) is 17.8 Å². The summed E-state index contributed by atoms with van der Waals surface area (Å²) in [6.07, 6.45) is 16.8. The minimum atomic E-state index is -1.10. The molecule has 1 saturated carbocycles. The maximum Gasteiger partial charge on any atom is 0.323 e. The fraction of sp³-hybridized carbons (Fsp3) is 0.386.